The number of hydrogen-bond acceptors (Lipinski definition) is 4. The Kier molecular flexibility index (Phi) is 5.09. The van der Waals surface area contributed by atoms with Gasteiger partial charge < -0.3 is 10.5 Å². The number of nitrogens with two attached hydrogens (primary N) is 1. The summed E-state index contributed by atoms with van der Waals surface area (Å²) in [6, 6.07) is 19.6. The molecule has 4 nitrogen and oxygen atoms in total. The maximum atomic E-state index is 5.97. The van der Waals surface area contributed by atoms with E-state index in [1.165, 1.54) is 0 Å². The number of ether oxygens (including phenoxy) is 1. The van der Waals surface area contributed by atoms with Gasteiger partial charge in [0.1, 0.15) is 6.61 Å². The Labute approximate surface area is 148 Å². The summed E-state index contributed by atoms with van der Waals surface area (Å²) in [4.78, 5) is 9.05. The largest absolute Gasteiger partial charge is 0.472 e. The van der Waals surface area contributed by atoms with Crippen LogP contribution < -0.4 is 10.5 Å². The van der Waals surface area contributed by atoms with Gasteiger partial charge in [-0.1, -0.05) is 42.5 Å². The van der Waals surface area contributed by atoms with Crippen LogP contribution in [0.2, 0.25) is 0 Å². The first-order valence-corrected chi connectivity index (χ1v) is 8.17. The van der Waals surface area contributed by atoms with E-state index < -0.39 is 0 Å². The van der Waals surface area contributed by atoms with Crippen molar-refractivity contribution in [3.8, 4) is 5.88 Å². The van der Waals surface area contributed by atoms with Gasteiger partial charge in [-0.15, -0.1) is 0 Å². The summed E-state index contributed by atoms with van der Waals surface area (Å²) < 4.78 is 5.97. The normalized spacial score (nSPS) is 11.0. The van der Waals surface area contributed by atoms with E-state index in [-0.39, 0.29) is 0 Å². The Bertz CT molecular complexity index is 889. The maximum absolute atomic E-state index is 5.97. The highest BCUT2D eigenvalue weighted by atomic mass is 16.5. The van der Waals surface area contributed by atoms with E-state index in [9.17, 15) is 0 Å². The highest BCUT2D eigenvalue weighted by Gasteiger charge is 2.09. The quantitative estimate of drug-likeness (QED) is 0.548. The zero-order valence-electron chi connectivity index (χ0n) is 14.4. The molecule has 0 radical (unpaired) electrons. The zero-order valence-corrected chi connectivity index (χ0v) is 14.4. The van der Waals surface area contributed by atoms with Gasteiger partial charge in [-0.25, -0.2) is 4.98 Å². The van der Waals surface area contributed by atoms with Gasteiger partial charge >= 0.3 is 0 Å². The highest BCUT2D eigenvalue weighted by Crippen LogP contribution is 2.24. The molecule has 0 bridgehead atoms. The molecule has 0 atom stereocenters. The predicted molar refractivity (Wildman–Crippen MR) is 103 cm³/mol. The maximum Gasteiger partial charge on any atom is 0.223 e. The van der Waals surface area contributed by atoms with Crippen LogP contribution in [0.3, 0.4) is 0 Å². The van der Waals surface area contributed by atoms with Crippen molar-refractivity contribution in [1.82, 2.24) is 4.98 Å². The molecule has 0 amide bonds. The number of pyridine rings is 1. The van der Waals surface area contributed by atoms with Crippen LogP contribution in [-0.4, -0.2) is 11.2 Å². The average Bonchev–Trinajstić information content (AvgIpc) is 2.61. The predicted octanol–water partition coefficient (Wildman–Crippen LogP) is 4.61. The fourth-order valence-corrected chi connectivity index (χ4v) is 2.54. The van der Waals surface area contributed by atoms with Crippen LogP contribution in [0.25, 0.3) is 0 Å². The number of hydrogen-bond donors (Lipinski definition) is 1. The molecule has 0 aliphatic rings. The minimum absolute atomic E-state index is 0.463. The minimum Gasteiger partial charge on any atom is -0.472 e. The van der Waals surface area contributed by atoms with Crippen LogP contribution in [0.1, 0.15) is 22.4 Å². The zero-order chi connectivity index (χ0) is 17.6. The standard InChI is InChI=1S/C21H21N3O/c1-15-12-16(2)24-21(25-14-17-8-4-3-5-9-17)18(15)13-23-20-11-7-6-10-19(20)22/h3-13H,14,22H2,1-2H3. The van der Waals surface area contributed by atoms with Gasteiger partial charge in [-0.3, -0.25) is 4.99 Å². The number of rotatable bonds is 5. The van der Waals surface area contributed by atoms with Crippen molar-refractivity contribution in [1.29, 1.82) is 0 Å². The van der Waals surface area contributed by atoms with E-state index in [0.29, 0.717) is 18.2 Å². The van der Waals surface area contributed by atoms with Gasteiger partial charge in [0.15, 0.2) is 0 Å². The average molecular weight is 331 g/mol. The van der Waals surface area contributed by atoms with Crippen LogP contribution in [-0.2, 0) is 6.61 Å². The first-order chi connectivity index (χ1) is 12.1. The molecular formula is C21H21N3O. The Morgan fingerprint density at radius 2 is 1.76 bits per heavy atom. The lowest BCUT2D eigenvalue weighted by Gasteiger charge is -2.11. The van der Waals surface area contributed by atoms with Crippen LogP contribution in [0.5, 0.6) is 5.88 Å². The molecule has 3 aromatic rings. The number of nitrogen functional groups attached to an aromatic ring is 1. The second-order valence-corrected chi connectivity index (χ2v) is 5.89. The summed E-state index contributed by atoms with van der Waals surface area (Å²) in [5, 5.41) is 0. The van der Waals surface area contributed by atoms with E-state index in [0.717, 1.165) is 28.1 Å². The highest BCUT2D eigenvalue weighted by molar-refractivity contribution is 5.87. The number of benzene rings is 2. The summed E-state index contributed by atoms with van der Waals surface area (Å²) in [5.74, 6) is 0.583. The van der Waals surface area contributed by atoms with E-state index in [1.54, 1.807) is 6.21 Å². The summed E-state index contributed by atoms with van der Waals surface area (Å²) in [5.41, 5.74) is 11.3. The fourth-order valence-electron chi connectivity index (χ4n) is 2.54. The Morgan fingerprint density at radius 1 is 1.04 bits per heavy atom. The minimum atomic E-state index is 0.463. The van der Waals surface area contributed by atoms with Gasteiger partial charge in [0.2, 0.25) is 5.88 Å². The van der Waals surface area contributed by atoms with E-state index in [2.05, 4.69) is 9.98 Å². The smallest absolute Gasteiger partial charge is 0.223 e. The van der Waals surface area contributed by atoms with E-state index in [4.69, 9.17) is 10.5 Å². The van der Waals surface area contributed by atoms with E-state index in [1.807, 2.05) is 74.5 Å². The third-order valence-corrected chi connectivity index (χ3v) is 3.85. The second kappa shape index (κ2) is 7.62. The third-order valence-electron chi connectivity index (χ3n) is 3.85. The molecule has 1 aromatic heterocycles. The molecule has 25 heavy (non-hydrogen) atoms. The van der Waals surface area contributed by atoms with Crippen molar-refractivity contribution >= 4 is 17.6 Å². The molecule has 0 aliphatic carbocycles. The molecule has 4 heteroatoms. The van der Waals surface area contributed by atoms with Crippen molar-refractivity contribution in [2.45, 2.75) is 20.5 Å². The van der Waals surface area contributed by atoms with Gasteiger partial charge in [0.25, 0.3) is 0 Å². The molecule has 0 unspecified atom stereocenters. The Hall–Kier alpha value is -3.14. The lowest BCUT2D eigenvalue weighted by Crippen LogP contribution is -2.03. The van der Waals surface area contributed by atoms with Gasteiger partial charge in [-0.05, 0) is 43.2 Å². The van der Waals surface area contributed by atoms with Crippen LogP contribution in [0.15, 0.2) is 65.7 Å². The first kappa shape index (κ1) is 16.7. The molecule has 2 N–H and O–H groups in total. The topological polar surface area (TPSA) is 60.5 Å². The van der Waals surface area contributed by atoms with Gasteiger partial charge in [0.05, 0.1) is 16.9 Å². The lowest BCUT2D eigenvalue weighted by atomic mass is 10.1. The second-order valence-electron chi connectivity index (χ2n) is 5.89. The van der Waals surface area contributed by atoms with Crippen molar-refractivity contribution < 1.29 is 4.74 Å². The molecule has 1 heterocycles. The molecule has 0 aliphatic heterocycles. The molecule has 3 rings (SSSR count). The SMILES string of the molecule is Cc1cc(C)c(C=Nc2ccccc2N)c(OCc2ccccc2)n1. The summed E-state index contributed by atoms with van der Waals surface area (Å²) >= 11 is 0. The summed E-state index contributed by atoms with van der Waals surface area (Å²) in [6.45, 7) is 4.45. The Morgan fingerprint density at radius 3 is 2.52 bits per heavy atom. The van der Waals surface area contributed by atoms with Crippen molar-refractivity contribution in [2.24, 2.45) is 4.99 Å². The fraction of sp³-hybridized carbons (Fsp3) is 0.143. The van der Waals surface area contributed by atoms with Gasteiger partial charge in [0, 0.05) is 11.9 Å². The third kappa shape index (κ3) is 4.23. The molecule has 126 valence electrons. The molecule has 0 saturated carbocycles. The van der Waals surface area contributed by atoms with Gasteiger partial charge in [-0.2, -0.15) is 0 Å². The Balaban J connectivity index is 1.89. The summed E-state index contributed by atoms with van der Waals surface area (Å²) in [6.07, 6.45) is 1.77. The molecular weight excluding hydrogens is 310 g/mol. The van der Waals surface area contributed by atoms with Crippen LogP contribution in [0, 0.1) is 13.8 Å². The monoisotopic (exact) mass is 331 g/mol. The first-order valence-electron chi connectivity index (χ1n) is 8.17. The molecule has 2 aromatic carbocycles. The van der Waals surface area contributed by atoms with Crippen LogP contribution >= 0.6 is 0 Å². The summed E-state index contributed by atoms with van der Waals surface area (Å²) in [7, 11) is 0. The van der Waals surface area contributed by atoms with Crippen LogP contribution in [0.4, 0.5) is 11.4 Å². The van der Waals surface area contributed by atoms with E-state index >= 15 is 0 Å². The van der Waals surface area contributed by atoms with Crippen molar-refractivity contribution in [2.75, 3.05) is 5.73 Å². The number of anilines is 1. The lowest BCUT2D eigenvalue weighted by molar-refractivity contribution is 0.292. The molecule has 0 spiro atoms. The van der Waals surface area contributed by atoms with Crippen molar-refractivity contribution in [3.63, 3.8) is 0 Å². The molecule has 0 saturated heterocycles. The number of nitrogens with zero attached hydrogens (tertiary/aromatic N) is 2. The number of aliphatic imine (C=N–C) groups is 1. The number of aromatic nitrogens is 1. The van der Waals surface area contributed by atoms with Crippen molar-refractivity contribution in [3.05, 3.63) is 83.0 Å². The molecule has 0 fully saturated rings. The number of para-hydroxylation sites is 2. The number of aryl methyl sites for hydroxylation is 2.